The summed E-state index contributed by atoms with van der Waals surface area (Å²) in [4.78, 5) is 27.9. The van der Waals surface area contributed by atoms with E-state index in [4.69, 9.17) is 9.47 Å². The van der Waals surface area contributed by atoms with Crippen LogP contribution in [0, 0.1) is 0 Å². The number of amides is 2. The first kappa shape index (κ1) is 31.0. The lowest BCUT2D eigenvalue weighted by Gasteiger charge is -2.30. The molecule has 210 valence electrons. The fraction of sp³-hybridized carbons (Fsp3) is 0.500. The lowest BCUT2D eigenvalue weighted by atomic mass is 10.1. The number of carbonyl (C=O) groups is 2. The summed E-state index contributed by atoms with van der Waals surface area (Å²) in [7, 11) is -2.04. The second-order valence-corrected chi connectivity index (χ2v) is 11.1. The monoisotopic (exact) mass is 547 g/mol. The van der Waals surface area contributed by atoms with Gasteiger partial charge in [0, 0.05) is 25.6 Å². The van der Waals surface area contributed by atoms with Crippen molar-refractivity contribution < 1.29 is 27.5 Å². The van der Waals surface area contributed by atoms with E-state index in [1.54, 1.807) is 43.2 Å². The molecule has 2 aromatic rings. The van der Waals surface area contributed by atoms with Crippen molar-refractivity contribution in [2.75, 3.05) is 30.8 Å². The first-order valence-corrected chi connectivity index (χ1v) is 14.8. The molecule has 1 N–H and O–H groups in total. The number of methoxy groups -OCH3 is 1. The Kier molecular flexibility index (Phi) is 11.9. The first-order valence-electron chi connectivity index (χ1n) is 12.9. The molecule has 0 fully saturated rings. The fourth-order valence-electron chi connectivity index (χ4n) is 3.90. The number of benzene rings is 2. The Morgan fingerprint density at radius 3 is 2.26 bits per heavy atom. The van der Waals surface area contributed by atoms with Crippen molar-refractivity contribution in [1.29, 1.82) is 0 Å². The number of sulfonamides is 1. The molecule has 38 heavy (non-hydrogen) atoms. The SMILES string of the molecule is CCOc1ccccc1N(CCCC(=O)N(Cc1ccc(OC)cc1)[C@H](C)C(=O)N[C@@H](C)CC)S(C)(=O)=O. The van der Waals surface area contributed by atoms with Crippen molar-refractivity contribution in [3.63, 3.8) is 0 Å². The molecule has 0 aromatic heterocycles. The van der Waals surface area contributed by atoms with Crippen LogP contribution in [-0.4, -0.2) is 63.7 Å². The van der Waals surface area contributed by atoms with Crippen LogP contribution in [-0.2, 0) is 26.2 Å². The van der Waals surface area contributed by atoms with E-state index < -0.39 is 16.1 Å². The first-order chi connectivity index (χ1) is 18.0. The largest absolute Gasteiger partial charge is 0.497 e. The molecular formula is C28H41N3O6S. The third kappa shape index (κ3) is 8.93. The average molecular weight is 548 g/mol. The number of nitrogens with one attached hydrogen (secondary N) is 1. The van der Waals surface area contributed by atoms with Crippen LogP contribution < -0.4 is 19.1 Å². The zero-order valence-corrected chi connectivity index (χ0v) is 24.1. The van der Waals surface area contributed by atoms with Crippen LogP contribution in [0.25, 0.3) is 0 Å². The molecule has 0 aliphatic heterocycles. The number of carbonyl (C=O) groups excluding carboxylic acids is 2. The van der Waals surface area contributed by atoms with Crippen molar-refractivity contribution in [3.05, 3.63) is 54.1 Å². The third-order valence-electron chi connectivity index (χ3n) is 6.27. The summed E-state index contributed by atoms with van der Waals surface area (Å²) >= 11 is 0. The van der Waals surface area contributed by atoms with E-state index in [9.17, 15) is 18.0 Å². The van der Waals surface area contributed by atoms with E-state index >= 15 is 0 Å². The topological polar surface area (TPSA) is 105 Å². The number of hydrogen-bond acceptors (Lipinski definition) is 6. The normalized spacial score (nSPS) is 12.8. The second-order valence-electron chi connectivity index (χ2n) is 9.20. The highest BCUT2D eigenvalue weighted by molar-refractivity contribution is 7.92. The van der Waals surface area contributed by atoms with Gasteiger partial charge in [-0.3, -0.25) is 13.9 Å². The molecule has 2 amide bonds. The predicted molar refractivity (Wildman–Crippen MR) is 150 cm³/mol. The number of hydrogen-bond donors (Lipinski definition) is 1. The summed E-state index contributed by atoms with van der Waals surface area (Å²) in [6.07, 6.45) is 2.25. The van der Waals surface area contributed by atoms with E-state index in [0.29, 0.717) is 23.8 Å². The minimum Gasteiger partial charge on any atom is -0.497 e. The van der Waals surface area contributed by atoms with E-state index in [1.807, 2.05) is 45.0 Å². The molecule has 10 heteroatoms. The molecule has 0 heterocycles. The highest BCUT2D eigenvalue weighted by atomic mass is 32.2. The molecule has 0 unspecified atom stereocenters. The molecule has 0 saturated heterocycles. The predicted octanol–water partition coefficient (Wildman–Crippen LogP) is 3.97. The van der Waals surface area contributed by atoms with E-state index in [2.05, 4.69) is 5.32 Å². The summed E-state index contributed by atoms with van der Waals surface area (Å²) in [5.41, 5.74) is 1.28. The minimum absolute atomic E-state index is 0.0170. The van der Waals surface area contributed by atoms with Crippen LogP contribution in [0.15, 0.2) is 48.5 Å². The summed E-state index contributed by atoms with van der Waals surface area (Å²) in [6.45, 7) is 8.16. The lowest BCUT2D eigenvalue weighted by molar-refractivity contribution is -0.140. The molecule has 9 nitrogen and oxygen atoms in total. The van der Waals surface area contributed by atoms with Crippen molar-refractivity contribution in [2.24, 2.45) is 0 Å². The molecule has 0 radical (unpaired) electrons. The maximum Gasteiger partial charge on any atom is 0.242 e. The number of ether oxygens (including phenoxy) is 2. The fourth-order valence-corrected chi connectivity index (χ4v) is 4.87. The van der Waals surface area contributed by atoms with Gasteiger partial charge in [0.05, 0.1) is 25.7 Å². The van der Waals surface area contributed by atoms with Crippen LogP contribution >= 0.6 is 0 Å². The van der Waals surface area contributed by atoms with E-state index in [0.717, 1.165) is 18.2 Å². The standard InChI is InChI=1S/C28H41N3O6S/c1-7-21(3)29-28(33)22(4)30(20-23-15-17-24(36-5)18-16-23)27(32)14-11-19-31(38(6,34)35)25-12-9-10-13-26(25)37-8-2/h9-10,12-13,15-18,21-22H,7-8,11,14,19-20H2,1-6H3,(H,29,33)/t21-,22+/m0/s1. The van der Waals surface area contributed by atoms with Gasteiger partial charge in [-0.2, -0.15) is 0 Å². The van der Waals surface area contributed by atoms with Gasteiger partial charge in [-0.15, -0.1) is 0 Å². The van der Waals surface area contributed by atoms with E-state index in [1.165, 1.54) is 4.31 Å². The smallest absolute Gasteiger partial charge is 0.242 e. The van der Waals surface area contributed by atoms with Gasteiger partial charge in [0.2, 0.25) is 21.8 Å². The van der Waals surface area contributed by atoms with Crippen LogP contribution in [0.2, 0.25) is 0 Å². The van der Waals surface area contributed by atoms with Gasteiger partial charge in [-0.05, 0) is 63.4 Å². The van der Waals surface area contributed by atoms with Crippen molar-refractivity contribution >= 4 is 27.5 Å². The Labute approximate surface area is 227 Å². The van der Waals surface area contributed by atoms with Gasteiger partial charge >= 0.3 is 0 Å². The Balaban J connectivity index is 2.21. The number of nitrogens with zero attached hydrogens (tertiary/aromatic N) is 2. The van der Waals surface area contributed by atoms with Gasteiger partial charge < -0.3 is 19.7 Å². The zero-order chi connectivity index (χ0) is 28.3. The number of para-hydroxylation sites is 2. The van der Waals surface area contributed by atoms with Crippen LogP contribution in [0.5, 0.6) is 11.5 Å². The van der Waals surface area contributed by atoms with Gasteiger partial charge in [0.15, 0.2) is 0 Å². The Morgan fingerprint density at radius 1 is 1.03 bits per heavy atom. The molecular weight excluding hydrogens is 506 g/mol. The average Bonchev–Trinajstić information content (AvgIpc) is 2.89. The Morgan fingerprint density at radius 2 is 1.68 bits per heavy atom. The third-order valence-corrected chi connectivity index (χ3v) is 7.45. The summed E-state index contributed by atoms with van der Waals surface area (Å²) in [5.74, 6) is 0.689. The summed E-state index contributed by atoms with van der Waals surface area (Å²) in [6, 6.07) is 13.5. The molecule has 0 spiro atoms. The minimum atomic E-state index is -3.63. The molecule has 2 rings (SSSR count). The van der Waals surface area contributed by atoms with Gasteiger partial charge in [0.1, 0.15) is 17.5 Å². The summed E-state index contributed by atoms with van der Waals surface area (Å²) in [5, 5.41) is 2.95. The summed E-state index contributed by atoms with van der Waals surface area (Å²) < 4.78 is 37.4. The van der Waals surface area contributed by atoms with Crippen molar-refractivity contribution in [2.45, 2.75) is 65.6 Å². The van der Waals surface area contributed by atoms with Gasteiger partial charge in [0.25, 0.3) is 0 Å². The Bertz CT molecular complexity index is 1150. The van der Waals surface area contributed by atoms with Gasteiger partial charge in [-0.1, -0.05) is 31.2 Å². The van der Waals surface area contributed by atoms with Crippen LogP contribution in [0.1, 0.15) is 52.5 Å². The van der Waals surface area contributed by atoms with Crippen LogP contribution in [0.4, 0.5) is 5.69 Å². The molecule has 0 saturated carbocycles. The van der Waals surface area contributed by atoms with E-state index in [-0.39, 0.29) is 43.8 Å². The molecule has 0 bridgehead atoms. The lowest BCUT2D eigenvalue weighted by Crippen LogP contribution is -2.49. The van der Waals surface area contributed by atoms with Crippen molar-refractivity contribution in [3.8, 4) is 11.5 Å². The quantitative estimate of drug-likeness (QED) is 0.362. The molecule has 0 aliphatic rings. The second kappa shape index (κ2) is 14.6. The van der Waals surface area contributed by atoms with Crippen molar-refractivity contribution in [1.82, 2.24) is 10.2 Å². The highest BCUT2D eigenvalue weighted by Gasteiger charge is 2.27. The highest BCUT2D eigenvalue weighted by Crippen LogP contribution is 2.30. The van der Waals surface area contributed by atoms with Gasteiger partial charge in [-0.25, -0.2) is 8.42 Å². The molecule has 0 aliphatic carbocycles. The maximum atomic E-state index is 13.4. The molecule has 2 atom stereocenters. The maximum absolute atomic E-state index is 13.4. The number of anilines is 1. The molecule has 2 aromatic carbocycles. The zero-order valence-electron chi connectivity index (χ0n) is 23.3. The number of rotatable bonds is 15. The Hall–Kier alpha value is -3.27. The van der Waals surface area contributed by atoms with Crippen LogP contribution in [0.3, 0.4) is 0 Å².